The molecule has 2 fully saturated rings. The Bertz CT molecular complexity index is 407. The van der Waals surface area contributed by atoms with Gasteiger partial charge in [0.25, 0.3) is 11.7 Å². The van der Waals surface area contributed by atoms with E-state index in [2.05, 4.69) is 20.8 Å². The molecule has 3 rings (SSSR count). The van der Waals surface area contributed by atoms with Crippen LogP contribution in [0.5, 0.6) is 0 Å². The van der Waals surface area contributed by atoms with E-state index in [1.54, 1.807) is 0 Å². The fourth-order valence-electron chi connectivity index (χ4n) is 2.05. The van der Waals surface area contributed by atoms with Gasteiger partial charge >= 0.3 is 0 Å². The molecule has 2 aliphatic rings. The summed E-state index contributed by atoms with van der Waals surface area (Å²) in [6, 6.07) is 0.732. The fraction of sp³-hybridized carbons (Fsp3) is 0.727. The van der Waals surface area contributed by atoms with Gasteiger partial charge in [-0.15, -0.1) is 0 Å². The van der Waals surface area contributed by atoms with E-state index in [1.165, 1.54) is 6.42 Å². The van der Waals surface area contributed by atoms with Crippen LogP contribution in [0.1, 0.15) is 42.2 Å². The van der Waals surface area contributed by atoms with E-state index in [1.807, 2.05) is 0 Å². The Balaban J connectivity index is 1.58. The molecule has 1 amide bonds. The van der Waals surface area contributed by atoms with Gasteiger partial charge in [-0.3, -0.25) is 4.79 Å². The lowest BCUT2D eigenvalue weighted by Crippen LogP contribution is -2.26. The summed E-state index contributed by atoms with van der Waals surface area (Å²) in [6.07, 6.45) is 5.15. The number of hydrogen-bond acceptors (Lipinski definition) is 5. The molecule has 1 aromatic heterocycles. The van der Waals surface area contributed by atoms with Gasteiger partial charge in [0.1, 0.15) is 0 Å². The van der Waals surface area contributed by atoms with E-state index in [-0.39, 0.29) is 11.7 Å². The molecule has 92 valence electrons. The molecule has 1 unspecified atom stereocenters. The summed E-state index contributed by atoms with van der Waals surface area (Å²) in [5.74, 6) is 0.483. The topological polar surface area (TPSA) is 80.0 Å². The van der Waals surface area contributed by atoms with E-state index < -0.39 is 0 Å². The maximum Gasteiger partial charge on any atom is 0.292 e. The van der Waals surface area contributed by atoms with E-state index >= 15 is 0 Å². The van der Waals surface area contributed by atoms with Crippen molar-refractivity contribution in [2.45, 2.75) is 44.2 Å². The van der Waals surface area contributed by atoms with E-state index in [0.29, 0.717) is 24.4 Å². The smallest absolute Gasteiger partial charge is 0.292 e. The summed E-state index contributed by atoms with van der Waals surface area (Å²) in [5, 5.41) is 9.91. The Hall–Kier alpha value is -1.43. The van der Waals surface area contributed by atoms with Gasteiger partial charge in [-0.1, -0.05) is 5.16 Å². The largest absolute Gasteiger partial charge is 0.346 e. The number of carbonyl (C=O) groups excluding carboxylic acids is 1. The van der Waals surface area contributed by atoms with Crippen LogP contribution in [0, 0.1) is 0 Å². The number of nitrogens with one attached hydrogen (secondary N) is 2. The Kier molecular flexibility index (Phi) is 2.80. The number of nitrogens with zero attached hydrogens (tertiary/aromatic N) is 2. The Morgan fingerprint density at radius 3 is 3.06 bits per heavy atom. The van der Waals surface area contributed by atoms with Crippen LogP contribution in [0.3, 0.4) is 0 Å². The maximum atomic E-state index is 11.6. The number of hydrogen-bond donors (Lipinski definition) is 2. The second kappa shape index (κ2) is 4.44. The summed E-state index contributed by atoms with van der Waals surface area (Å²) < 4.78 is 5.09. The first kappa shape index (κ1) is 10.7. The van der Waals surface area contributed by atoms with Crippen LogP contribution in [0.25, 0.3) is 0 Å². The van der Waals surface area contributed by atoms with Gasteiger partial charge in [-0.25, -0.2) is 0 Å². The summed E-state index contributed by atoms with van der Waals surface area (Å²) in [6.45, 7) is 1.05. The highest BCUT2D eigenvalue weighted by molar-refractivity contribution is 5.90. The lowest BCUT2D eigenvalue weighted by atomic mass is 10.1. The third kappa shape index (κ3) is 2.63. The van der Waals surface area contributed by atoms with Crippen LogP contribution < -0.4 is 10.6 Å². The quantitative estimate of drug-likeness (QED) is 0.783. The normalized spacial score (nSPS) is 23.9. The summed E-state index contributed by atoms with van der Waals surface area (Å²) in [4.78, 5) is 15.8. The van der Waals surface area contributed by atoms with Crippen molar-refractivity contribution in [3.8, 4) is 0 Å². The van der Waals surface area contributed by atoms with Gasteiger partial charge in [0.2, 0.25) is 5.89 Å². The number of rotatable bonds is 4. The minimum Gasteiger partial charge on any atom is -0.346 e. The molecule has 1 atom stereocenters. The zero-order chi connectivity index (χ0) is 11.7. The molecule has 1 aliphatic heterocycles. The zero-order valence-electron chi connectivity index (χ0n) is 9.61. The van der Waals surface area contributed by atoms with E-state index in [9.17, 15) is 4.79 Å². The SMILES string of the molecule is O=C(NC1CC1)c1noc(CC2CCCN2)n1. The minimum atomic E-state index is -0.220. The standard InChI is InChI=1S/C11H16N4O2/c16-11(13-7-3-4-7)10-14-9(17-15-10)6-8-2-1-5-12-8/h7-8,12H,1-6H2,(H,13,16). The molecule has 0 aromatic carbocycles. The summed E-state index contributed by atoms with van der Waals surface area (Å²) >= 11 is 0. The molecule has 2 N–H and O–H groups in total. The first-order chi connectivity index (χ1) is 8.31. The molecular weight excluding hydrogens is 220 g/mol. The van der Waals surface area contributed by atoms with Crippen LogP contribution in [0.2, 0.25) is 0 Å². The summed E-state index contributed by atoms with van der Waals surface area (Å²) in [7, 11) is 0. The van der Waals surface area contributed by atoms with Gasteiger partial charge in [-0.05, 0) is 32.2 Å². The van der Waals surface area contributed by atoms with Crippen LogP contribution >= 0.6 is 0 Å². The van der Waals surface area contributed by atoms with Crippen molar-refractivity contribution in [2.75, 3.05) is 6.54 Å². The zero-order valence-corrected chi connectivity index (χ0v) is 9.61. The first-order valence-corrected chi connectivity index (χ1v) is 6.18. The molecule has 6 heteroatoms. The van der Waals surface area contributed by atoms with Crippen molar-refractivity contribution < 1.29 is 9.32 Å². The van der Waals surface area contributed by atoms with Gasteiger partial charge in [-0.2, -0.15) is 4.98 Å². The highest BCUT2D eigenvalue weighted by atomic mass is 16.5. The van der Waals surface area contributed by atoms with Gasteiger partial charge < -0.3 is 15.2 Å². The molecule has 1 aromatic rings. The lowest BCUT2D eigenvalue weighted by molar-refractivity contribution is 0.0937. The molecule has 0 spiro atoms. The predicted octanol–water partition coefficient (Wildman–Crippen LogP) is 0.256. The molecular formula is C11H16N4O2. The fourth-order valence-corrected chi connectivity index (χ4v) is 2.05. The predicted molar refractivity (Wildman–Crippen MR) is 59.5 cm³/mol. The van der Waals surface area contributed by atoms with Crippen molar-refractivity contribution in [3.63, 3.8) is 0 Å². The van der Waals surface area contributed by atoms with Crippen molar-refractivity contribution in [1.29, 1.82) is 0 Å². The Morgan fingerprint density at radius 2 is 2.35 bits per heavy atom. The molecule has 6 nitrogen and oxygen atoms in total. The third-order valence-corrected chi connectivity index (χ3v) is 3.17. The van der Waals surface area contributed by atoms with E-state index in [0.717, 1.165) is 25.8 Å². The molecule has 1 saturated carbocycles. The first-order valence-electron chi connectivity index (χ1n) is 6.18. The molecule has 0 bridgehead atoms. The monoisotopic (exact) mass is 236 g/mol. The van der Waals surface area contributed by atoms with Crippen molar-refractivity contribution in [2.24, 2.45) is 0 Å². The van der Waals surface area contributed by atoms with Crippen LogP contribution in [0.4, 0.5) is 0 Å². The number of amides is 1. The third-order valence-electron chi connectivity index (χ3n) is 3.17. The highest BCUT2D eigenvalue weighted by Crippen LogP contribution is 2.19. The molecule has 1 saturated heterocycles. The van der Waals surface area contributed by atoms with Gasteiger partial charge in [0.05, 0.1) is 0 Å². The number of aromatic nitrogens is 2. The second-order valence-corrected chi connectivity index (χ2v) is 4.76. The molecule has 0 radical (unpaired) electrons. The van der Waals surface area contributed by atoms with Crippen molar-refractivity contribution >= 4 is 5.91 Å². The Morgan fingerprint density at radius 1 is 1.47 bits per heavy atom. The average molecular weight is 236 g/mol. The summed E-state index contributed by atoms with van der Waals surface area (Å²) in [5.41, 5.74) is 0. The minimum absolute atomic E-state index is 0.157. The van der Waals surface area contributed by atoms with Gasteiger partial charge in [0.15, 0.2) is 0 Å². The van der Waals surface area contributed by atoms with Gasteiger partial charge in [0, 0.05) is 18.5 Å². The van der Waals surface area contributed by atoms with Crippen LogP contribution in [-0.2, 0) is 6.42 Å². The lowest BCUT2D eigenvalue weighted by Gasteiger charge is -2.04. The average Bonchev–Trinajstić information content (AvgIpc) is 2.84. The van der Waals surface area contributed by atoms with Crippen LogP contribution in [-0.4, -0.2) is 34.7 Å². The molecule has 2 heterocycles. The van der Waals surface area contributed by atoms with Crippen molar-refractivity contribution in [3.05, 3.63) is 11.7 Å². The van der Waals surface area contributed by atoms with Crippen molar-refractivity contribution in [1.82, 2.24) is 20.8 Å². The molecule has 1 aliphatic carbocycles. The second-order valence-electron chi connectivity index (χ2n) is 4.76. The Labute approximate surface area is 99.2 Å². The number of carbonyl (C=O) groups is 1. The molecule has 17 heavy (non-hydrogen) atoms. The highest BCUT2D eigenvalue weighted by Gasteiger charge is 2.26. The van der Waals surface area contributed by atoms with E-state index in [4.69, 9.17) is 4.52 Å². The maximum absolute atomic E-state index is 11.6. The van der Waals surface area contributed by atoms with Crippen LogP contribution in [0.15, 0.2) is 4.52 Å².